The molecule has 7 heteroatoms. The molecule has 0 bridgehead atoms. The van der Waals surface area contributed by atoms with Crippen LogP contribution in [-0.2, 0) is 9.47 Å². The molecule has 1 saturated heterocycles. The molecule has 6 nitrogen and oxygen atoms in total. The monoisotopic (exact) mass is 320 g/mol. The van der Waals surface area contributed by atoms with Gasteiger partial charge < -0.3 is 19.8 Å². The van der Waals surface area contributed by atoms with Crippen molar-refractivity contribution in [1.82, 2.24) is 10.3 Å². The van der Waals surface area contributed by atoms with Crippen LogP contribution in [-0.4, -0.2) is 43.4 Å². The summed E-state index contributed by atoms with van der Waals surface area (Å²) in [6.07, 6.45) is 1.69. The Morgan fingerprint density at radius 3 is 3.09 bits per heavy atom. The van der Waals surface area contributed by atoms with E-state index in [4.69, 9.17) is 9.47 Å². The van der Waals surface area contributed by atoms with Crippen molar-refractivity contribution < 1.29 is 18.7 Å². The summed E-state index contributed by atoms with van der Waals surface area (Å²) in [4.78, 5) is 27.7. The van der Waals surface area contributed by atoms with Crippen LogP contribution in [0, 0.1) is 5.82 Å². The van der Waals surface area contributed by atoms with Crippen molar-refractivity contribution in [3.8, 4) is 0 Å². The van der Waals surface area contributed by atoms with Crippen molar-refractivity contribution in [3.63, 3.8) is 0 Å². The average Bonchev–Trinajstić information content (AvgIpc) is 2.56. The highest BCUT2D eigenvalue weighted by Gasteiger charge is 2.28. The van der Waals surface area contributed by atoms with E-state index in [1.807, 2.05) is 0 Å². The van der Waals surface area contributed by atoms with Crippen LogP contribution in [0.25, 0.3) is 10.9 Å². The number of hydrogen-bond donors (Lipinski definition) is 2. The van der Waals surface area contributed by atoms with E-state index in [9.17, 15) is 14.0 Å². The molecule has 0 radical (unpaired) electrons. The van der Waals surface area contributed by atoms with E-state index in [-0.39, 0.29) is 23.1 Å². The maximum absolute atomic E-state index is 13.3. The second-order valence-electron chi connectivity index (χ2n) is 5.44. The summed E-state index contributed by atoms with van der Waals surface area (Å²) < 4.78 is 23.9. The van der Waals surface area contributed by atoms with Crippen LogP contribution in [0.2, 0.25) is 0 Å². The lowest BCUT2D eigenvalue weighted by atomic mass is 10.0. The summed E-state index contributed by atoms with van der Waals surface area (Å²) in [6.45, 7) is 0.908. The van der Waals surface area contributed by atoms with Gasteiger partial charge in [-0.3, -0.25) is 9.59 Å². The molecule has 1 aliphatic rings. The van der Waals surface area contributed by atoms with Crippen LogP contribution in [0.5, 0.6) is 0 Å². The van der Waals surface area contributed by atoms with E-state index in [0.29, 0.717) is 25.2 Å². The molecule has 2 heterocycles. The van der Waals surface area contributed by atoms with Crippen LogP contribution in [0.15, 0.2) is 29.2 Å². The van der Waals surface area contributed by atoms with Gasteiger partial charge in [-0.05, 0) is 24.6 Å². The lowest BCUT2D eigenvalue weighted by Crippen LogP contribution is -2.50. The van der Waals surface area contributed by atoms with E-state index in [1.54, 1.807) is 7.11 Å². The Morgan fingerprint density at radius 1 is 1.48 bits per heavy atom. The van der Waals surface area contributed by atoms with Crippen molar-refractivity contribution in [2.75, 3.05) is 20.3 Å². The van der Waals surface area contributed by atoms with Gasteiger partial charge in [-0.15, -0.1) is 0 Å². The number of amides is 1. The molecule has 1 aliphatic heterocycles. The molecule has 0 saturated carbocycles. The molecular weight excluding hydrogens is 303 g/mol. The first-order valence-electron chi connectivity index (χ1n) is 7.32. The number of aromatic amines is 1. The predicted molar refractivity (Wildman–Crippen MR) is 82.0 cm³/mol. The molecule has 2 atom stereocenters. The topological polar surface area (TPSA) is 80.4 Å². The van der Waals surface area contributed by atoms with Crippen molar-refractivity contribution in [2.45, 2.75) is 18.6 Å². The molecule has 23 heavy (non-hydrogen) atoms. The normalized spacial score (nSPS) is 21.3. The van der Waals surface area contributed by atoms with E-state index in [2.05, 4.69) is 10.3 Å². The maximum atomic E-state index is 13.3. The van der Waals surface area contributed by atoms with Crippen molar-refractivity contribution in [2.24, 2.45) is 0 Å². The molecule has 1 aromatic carbocycles. The van der Waals surface area contributed by atoms with Gasteiger partial charge in [0.15, 0.2) is 0 Å². The second kappa shape index (κ2) is 6.47. The zero-order valence-electron chi connectivity index (χ0n) is 12.6. The number of pyridine rings is 1. The summed E-state index contributed by atoms with van der Waals surface area (Å²) >= 11 is 0. The molecule has 3 rings (SSSR count). The SMILES string of the molecule is CO[C@@H]1COCC[C@H]1NC(=O)c1c[nH]c2ccc(F)cc2c1=O. The Morgan fingerprint density at radius 2 is 2.30 bits per heavy atom. The highest BCUT2D eigenvalue weighted by Crippen LogP contribution is 2.13. The van der Waals surface area contributed by atoms with Gasteiger partial charge in [-0.2, -0.15) is 0 Å². The van der Waals surface area contributed by atoms with Crippen molar-refractivity contribution in [1.29, 1.82) is 0 Å². The van der Waals surface area contributed by atoms with Gasteiger partial charge in [0.2, 0.25) is 5.43 Å². The molecule has 1 fully saturated rings. The number of carbonyl (C=O) groups is 1. The fourth-order valence-corrected chi connectivity index (χ4v) is 2.71. The minimum absolute atomic E-state index is 0.0514. The first kappa shape index (κ1) is 15.6. The van der Waals surface area contributed by atoms with E-state index in [1.165, 1.54) is 18.3 Å². The second-order valence-corrected chi connectivity index (χ2v) is 5.44. The zero-order valence-corrected chi connectivity index (χ0v) is 12.6. The number of carbonyl (C=O) groups excluding carboxylic acids is 1. The summed E-state index contributed by atoms with van der Waals surface area (Å²) in [5, 5.41) is 2.94. The molecule has 0 aliphatic carbocycles. The van der Waals surface area contributed by atoms with Gasteiger partial charge in [0.05, 0.1) is 12.6 Å². The van der Waals surface area contributed by atoms with Crippen LogP contribution >= 0.6 is 0 Å². The summed E-state index contributed by atoms with van der Waals surface area (Å²) in [7, 11) is 1.55. The molecule has 1 amide bonds. The lowest BCUT2D eigenvalue weighted by Gasteiger charge is -2.30. The molecule has 0 unspecified atom stereocenters. The standard InChI is InChI=1S/C16H17FN2O4/c1-22-14-8-23-5-4-13(14)19-16(21)11-7-18-12-3-2-9(17)6-10(12)15(11)20/h2-3,6-7,13-14H,4-5,8H2,1H3,(H,18,20)(H,19,21)/t13-,14-/m1/s1. The molecule has 2 aromatic rings. The smallest absolute Gasteiger partial charge is 0.257 e. The number of benzene rings is 1. The number of ether oxygens (including phenoxy) is 2. The largest absolute Gasteiger partial charge is 0.379 e. The molecule has 2 N–H and O–H groups in total. The number of methoxy groups -OCH3 is 1. The third kappa shape index (κ3) is 3.11. The summed E-state index contributed by atoms with van der Waals surface area (Å²) in [6, 6.07) is 3.61. The molecular formula is C16H17FN2O4. The average molecular weight is 320 g/mol. The quantitative estimate of drug-likeness (QED) is 0.890. The number of nitrogens with one attached hydrogen (secondary N) is 2. The Balaban J connectivity index is 1.89. The van der Waals surface area contributed by atoms with Crippen LogP contribution < -0.4 is 10.7 Å². The van der Waals surface area contributed by atoms with Crippen LogP contribution in [0.4, 0.5) is 4.39 Å². The van der Waals surface area contributed by atoms with Gasteiger partial charge in [-0.1, -0.05) is 0 Å². The van der Waals surface area contributed by atoms with Gasteiger partial charge in [0.25, 0.3) is 5.91 Å². The number of halogens is 1. The number of aromatic nitrogens is 1. The number of hydrogen-bond acceptors (Lipinski definition) is 4. The first-order valence-corrected chi connectivity index (χ1v) is 7.32. The highest BCUT2D eigenvalue weighted by atomic mass is 19.1. The highest BCUT2D eigenvalue weighted by molar-refractivity contribution is 5.97. The molecule has 1 aromatic heterocycles. The van der Waals surface area contributed by atoms with Gasteiger partial charge in [0.1, 0.15) is 17.5 Å². The summed E-state index contributed by atoms with van der Waals surface area (Å²) in [5.74, 6) is -1.03. The minimum Gasteiger partial charge on any atom is -0.379 e. The Hall–Kier alpha value is -2.25. The van der Waals surface area contributed by atoms with E-state index in [0.717, 1.165) is 6.07 Å². The Bertz CT molecular complexity index is 789. The summed E-state index contributed by atoms with van der Waals surface area (Å²) in [5.41, 5.74) is -0.0741. The first-order chi connectivity index (χ1) is 11.1. The predicted octanol–water partition coefficient (Wildman–Crippen LogP) is 1.20. The van der Waals surface area contributed by atoms with Gasteiger partial charge in [0, 0.05) is 30.8 Å². The van der Waals surface area contributed by atoms with Crippen LogP contribution in [0.3, 0.4) is 0 Å². The van der Waals surface area contributed by atoms with E-state index < -0.39 is 17.2 Å². The van der Waals surface area contributed by atoms with Crippen molar-refractivity contribution in [3.05, 3.63) is 46.0 Å². The fourth-order valence-electron chi connectivity index (χ4n) is 2.71. The van der Waals surface area contributed by atoms with Gasteiger partial charge in [-0.25, -0.2) is 4.39 Å². The third-order valence-corrected chi connectivity index (χ3v) is 4.01. The van der Waals surface area contributed by atoms with Gasteiger partial charge >= 0.3 is 0 Å². The van der Waals surface area contributed by atoms with Crippen molar-refractivity contribution >= 4 is 16.8 Å². The zero-order chi connectivity index (χ0) is 16.4. The van der Waals surface area contributed by atoms with Crippen LogP contribution in [0.1, 0.15) is 16.8 Å². The maximum Gasteiger partial charge on any atom is 0.257 e. The Kier molecular flexibility index (Phi) is 4.40. The molecule has 122 valence electrons. The fraction of sp³-hybridized carbons (Fsp3) is 0.375. The lowest BCUT2D eigenvalue weighted by molar-refractivity contribution is -0.0479. The Labute approximate surface area is 131 Å². The molecule has 0 spiro atoms. The van der Waals surface area contributed by atoms with E-state index >= 15 is 0 Å². The number of H-pyrrole nitrogens is 1. The number of fused-ring (bicyclic) bond motifs is 1. The minimum atomic E-state index is -0.524. The third-order valence-electron chi connectivity index (χ3n) is 4.01. The number of rotatable bonds is 3.